The van der Waals surface area contributed by atoms with Crippen LogP contribution in [-0.4, -0.2) is 5.91 Å². The lowest BCUT2D eigenvalue weighted by molar-refractivity contribution is -0.111. The predicted octanol–water partition coefficient (Wildman–Crippen LogP) is 4.49. The fourth-order valence-corrected chi connectivity index (χ4v) is 2.19. The normalized spacial score (nSPS) is 10.9. The largest absolute Gasteiger partial charge is 0.322 e. The van der Waals surface area contributed by atoms with Crippen molar-refractivity contribution in [3.05, 3.63) is 84.4 Å². The van der Waals surface area contributed by atoms with Crippen molar-refractivity contribution in [3.8, 4) is 0 Å². The maximum Gasteiger partial charge on any atom is 0.248 e. The summed E-state index contributed by atoms with van der Waals surface area (Å²) >= 11 is 0. The van der Waals surface area contributed by atoms with E-state index in [2.05, 4.69) is 11.4 Å². The minimum Gasteiger partial charge on any atom is -0.322 e. The molecule has 1 N–H and O–H groups in total. The van der Waals surface area contributed by atoms with Crippen molar-refractivity contribution < 1.29 is 4.79 Å². The molecule has 0 heterocycles. The zero-order valence-electron chi connectivity index (χ0n) is 11.5. The number of amides is 1. The molecule has 0 aliphatic carbocycles. The molecule has 0 aliphatic heterocycles. The lowest BCUT2D eigenvalue weighted by Gasteiger charge is -2.04. The Bertz CT molecular complexity index is 791. The quantitative estimate of drug-likeness (QED) is 0.700. The summed E-state index contributed by atoms with van der Waals surface area (Å²) in [6.45, 7) is 0. The van der Waals surface area contributed by atoms with Gasteiger partial charge in [0.1, 0.15) is 0 Å². The molecule has 0 saturated carbocycles. The Morgan fingerprint density at radius 1 is 0.810 bits per heavy atom. The lowest BCUT2D eigenvalue weighted by atomic mass is 10.1. The number of nitrogens with one attached hydrogen (secondary N) is 1. The molecule has 21 heavy (non-hydrogen) atoms. The lowest BCUT2D eigenvalue weighted by Crippen LogP contribution is -2.07. The van der Waals surface area contributed by atoms with Gasteiger partial charge in [0.2, 0.25) is 5.91 Å². The third-order valence-electron chi connectivity index (χ3n) is 3.24. The van der Waals surface area contributed by atoms with E-state index >= 15 is 0 Å². The van der Waals surface area contributed by atoms with Crippen LogP contribution < -0.4 is 5.32 Å². The second kappa shape index (κ2) is 6.06. The highest BCUT2D eigenvalue weighted by Crippen LogP contribution is 2.18. The van der Waals surface area contributed by atoms with Crippen molar-refractivity contribution in [2.75, 3.05) is 5.32 Å². The minimum atomic E-state index is -0.130. The van der Waals surface area contributed by atoms with E-state index in [1.54, 1.807) is 12.2 Å². The molecular weight excluding hydrogens is 258 g/mol. The third kappa shape index (κ3) is 3.37. The molecule has 0 saturated heterocycles. The summed E-state index contributed by atoms with van der Waals surface area (Å²) in [7, 11) is 0. The molecule has 1 amide bonds. The van der Waals surface area contributed by atoms with Crippen LogP contribution in [0.3, 0.4) is 0 Å². The van der Waals surface area contributed by atoms with Crippen LogP contribution >= 0.6 is 0 Å². The van der Waals surface area contributed by atoms with Gasteiger partial charge in [0.25, 0.3) is 0 Å². The van der Waals surface area contributed by atoms with Gasteiger partial charge in [0, 0.05) is 11.8 Å². The summed E-state index contributed by atoms with van der Waals surface area (Å²) in [5, 5.41) is 5.15. The molecule has 3 rings (SSSR count). The molecule has 2 nitrogen and oxygen atoms in total. The van der Waals surface area contributed by atoms with E-state index in [1.807, 2.05) is 66.7 Å². The number of carbonyl (C=O) groups excluding carboxylic acids is 1. The van der Waals surface area contributed by atoms with Gasteiger partial charge in [-0.05, 0) is 34.5 Å². The van der Waals surface area contributed by atoms with Gasteiger partial charge in [0.15, 0.2) is 0 Å². The van der Waals surface area contributed by atoms with Crippen molar-refractivity contribution in [3.63, 3.8) is 0 Å². The smallest absolute Gasteiger partial charge is 0.248 e. The van der Waals surface area contributed by atoms with Crippen molar-refractivity contribution in [1.82, 2.24) is 0 Å². The first-order valence-electron chi connectivity index (χ1n) is 6.84. The Balaban J connectivity index is 1.73. The Morgan fingerprint density at radius 2 is 1.52 bits per heavy atom. The van der Waals surface area contributed by atoms with Gasteiger partial charge in [-0.3, -0.25) is 4.79 Å². The Kier molecular flexibility index (Phi) is 3.79. The molecule has 3 aromatic rings. The summed E-state index contributed by atoms with van der Waals surface area (Å²) < 4.78 is 0. The Hall–Kier alpha value is -2.87. The molecule has 0 radical (unpaired) electrons. The standard InChI is InChI=1S/C19H15NO/c21-19(13-10-15-6-2-1-3-7-15)20-18-12-11-16-8-4-5-9-17(16)14-18/h1-14H,(H,20,21)/b13-10-. The van der Waals surface area contributed by atoms with Crippen molar-refractivity contribution in [1.29, 1.82) is 0 Å². The monoisotopic (exact) mass is 273 g/mol. The van der Waals surface area contributed by atoms with Crippen LogP contribution in [0.15, 0.2) is 78.9 Å². The van der Waals surface area contributed by atoms with Crippen LogP contribution in [0.4, 0.5) is 5.69 Å². The van der Waals surface area contributed by atoms with Gasteiger partial charge in [-0.1, -0.05) is 60.7 Å². The van der Waals surface area contributed by atoms with E-state index in [1.165, 1.54) is 0 Å². The van der Waals surface area contributed by atoms with Crippen LogP contribution in [0.25, 0.3) is 16.8 Å². The number of carbonyl (C=O) groups is 1. The van der Waals surface area contributed by atoms with E-state index in [9.17, 15) is 4.79 Å². The highest BCUT2D eigenvalue weighted by molar-refractivity contribution is 6.03. The van der Waals surface area contributed by atoms with Crippen LogP contribution in [0.5, 0.6) is 0 Å². The summed E-state index contributed by atoms with van der Waals surface area (Å²) in [5.41, 5.74) is 1.81. The number of benzene rings is 3. The molecular formula is C19H15NO. The molecule has 0 aromatic heterocycles. The van der Waals surface area contributed by atoms with Gasteiger partial charge in [0.05, 0.1) is 0 Å². The second-order valence-electron chi connectivity index (χ2n) is 4.80. The first-order chi connectivity index (χ1) is 10.3. The van der Waals surface area contributed by atoms with Gasteiger partial charge < -0.3 is 5.32 Å². The Labute approximate surface area is 123 Å². The number of hydrogen-bond acceptors (Lipinski definition) is 1. The highest BCUT2D eigenvalue weighted by atomic mass is 16.1. The second-order valence-corrected chi connectivity index (χ2v) is 4.80. The minimum absolute atomic E-state index is 0.130. The number of fused-ring (bicyclic) bond motifs is 1. The van der Waals surface area contributed by atoms with Crippen molar-refractivity contribution in [2.45, 2.75) is 0 Å². The van der Waals surface area contributed by atoms with Crippen molar-refractivity contribution >= 4 is 28.4 Å². The van der Waals surface area contributed by atoms with Crippen molar-refractivity contribution in [2.24, 2.45) is 0 Å². The van der Waals surface area contributed by atoms with E-state index in [0.29, 0.717) is 0 Å². The first kappa shape index (κ1) is 13.1. The topological polar surface area (TPSA) is 29.1 Å². The first-order valence-corrected chi connectivity index (χ1v) is 6.84. The fraction of sp³-hybridized carbons (Fsp3) is 0. The van der Waals surface area contributed by atoms with Gasteiger partial charge in [-0.2, -0.15) is 0 Å². The molecule has 2 heteroatoms. The molecule has 102 valence electrons. The number of hydrogen-bond donors (Lipinski definition) is 1. The van der Waals surface area contributed by atoms with Gasteiger partial charge in [-0.25, -0.2) is 0 Å². The maximum absolute atomic E-state index is 11.9. The number of anilines is 1. The van der Waals surface area contributed by atoms with Crippen LogP contribution in [0, 0.1) is 0 Å². The average molecular weight is 273 g/mol. The molecule has 0 unspecified atom stereocenters. The van der Waals surface area contributed by atoms with E-state index in [0.717, 1.165) is 22.0 Å². The highest BCUT2D eigenvalue weighted by Gasteiger charge is 1.99. The molecule has 0 fully saturated rings. The molecule has 0 atom stereocenters. The predicted molar refractivity (Wildman–Crippen MR) is 88.1 cm³/mol. The Morgan fingerprint density at radius 3 is 2.33 bits per heavy atom. The SMILES string of the molecule is O=C(/C=C\c1ccccc1)Nc1ccc2ccccc2c1. The maximum atomic E-state index is 11.9. The zero-order valence-corrected chi connectivity index (χ0v) is 11.5. The van der Waals surface area contributed by atoms with Gasteiger partial charge >= 0.3 is 0 Å². The zero-order chi connectivity index (χ0) is 14.5. The summed E-state index contributed by atoms with van der Waals surface area (Å²) in [5.74, 6) is -0.130. The summed E-state index contributed by atoms with van der Waals surface area (Å²) in [6.07, 6.45) is 3.35. The third-order valence-corrected chi connectivity index (χ3v) is 3.24. The molecule has 0 bridgehead atoms. The number of rotatable bonds is 3. The average Bonchev–Trinajstić information content (AvgIpc) is 2.54. The van der Waals surface area contributed by atoms with E-state index in [-0.39, 0.29) is 5.91 Å². The van der Waals surface area contributed by atoms with Crippen LogP contribution in [0.2, 0.25) is 0 Å². The fourth-order valence-electron chi connectivity index (χ4n) is 2.19. The summed E-state index contributed by atoms with van der Waals surface area (Å²) in [6, 6.07) is 23.7. The van der Waals surface area contributed by atoms with E-state index < -0.39 is 0 Å². The summed E-state index contributed by atoms with van der Waals surface area (Å²) in [4.78, 5) is 11.9. The van der Waals surface area contributed by atoms with Gasteiger partial charge in [-0.15, -0.1) is 0 Å². The van der Waals surface area contributed by atoms with Crippen LogP contribution in [-0.2, 0) is 4.79 Å². The molecule has 3 aromatic carbocycles. The molecule has 0 aliphatic rings. The molecule has 0 spiro atoms. The van der Waals surface area contributed by atoms with Crippen LogP contribution in [0.1, 0.15) is 5.56 Å². The van der Waals surface area contributed by atoms with E-state index in [4.69, 9.17) is 0 Å².